The molecule has 0 aliphatic heterocycles. The van der Waals surface area contributed by atoms with Crippen LogP contribution in [0.15, 0.2) is 0 Å². The van der Waals surface area contributed by atoms with E-state index in [1.54, 1.807) is 0 Å². The van der Waals surface area contributed by atoms with E-state index in [1.165, 1.54) is 0 Å². The summed E-state index contributed by atoms with van der Waals surface area (Å²) in [6.07, 6.45) is 8.61. The van der Waals surface area contributed by atoms with Gasteiger partial charge in [-0.3, -0.25) is 0 Å². The molecule has 0 amide bonds. The molecule has 0 radical (unpaired) electrons. The quantitative estimate of drug-likeness (QED) is 0.0658. The van der Waals surface area contributed by atoms with Gasteiger partial charge in [-0.25, -0.2) is 0 Å². The van der Waals surface area contributed by atoms with Crippen molar-refractivity contribution >= 4 is 9.05 Å². The SMILES string of the molecule is CCCCOCCOCCO[Si](OCCOCCOCCCC)(OCCOCCOCCCC)OCCOCCOCCCC. The molecule has 272 valence electrons. The zero-order valence-electron chi connectivity index (χ0n) is 29.2. The third-order valence-electron chi connectivity index (χ3n) is 6.08. The van der Waals surface area contributed by atoms with Crippen LogP contribution in [0.2, 0.25) is 0 Å². The lowest BCUT2D eigenvalue weighted by Crippen LogP contribution is -2.51. The third-order valence-corrected chi connectivity index (χ3v) is 8.31. The van der Waals surface area contributed by atoms with Crippen LogP contribution in [0.4, 0.5) is 0 Å². The molecule has 0 saturated heterocycles. The number of unbranched alkanes of at least 4 members (excludes halogenated alkanes) is 4. The largest absolute Gasteiger partial charge is 0.680 e. The molecule has 0 aliphatic rings. The van der Waals surface area contributed by atoms with Crippen LogP contribution >= 0.6 is 0 Å². The van der Waals surface area contributed by atoms with E-state index in [0.29, 0.717) is 79.3 Å². The van der Waals surface area contributed by atoms with Crippen LogP contribution in [-0.2, 0) is 55.6 Å². The molecule has 0 heterocycles. The summed E-state index contributed by atoms with van der Waals surface area (Å²) in [4.78, 5) is 0. The van der Waals surface area contributed by atoms with Gasteiger partial charge in [0, 0.05) is 26.4 Å². The highest BCUT2D eigenvalue weighted by Gasteiger charge is 2.46. The molecule has 0 unspecified atom stereocenters. The van der Waals surface area contributed by atoms with Gasteiger partial charge in [0.05, 0.1) is 106 Å². The van der Waals surface area contributed by atoms with Crippen molar-refractivity contribution in [3.05, 3.63) is 0 Å². The summed E-state index contributed by atoms with van der Waals surface area (Å²) < 4.78 is 69.6. The fourth-order valence-corrected chi connectivity index (χ4v) is 5.26. The predicted octanol–water partition coefficient (Wildman–Crippen LogP) is 4.82. The maximum absolute atomic E-state index is 6.16. The van der Waals surface area contributed by atoms with Crippen molar-refractivity contribution in [2.24, 2.45) is 0 Å². The topological polar surface area (TPSA) is 111 Å². The van der Waals surface area contributed by atoms with Crippen molar-refractivity contribution in [2.75, 3.05) is 132 Å². The van der Waals surface area contributed by atoms with E-state index in [9.17, 15) is 0 Å². The summed E-state index contributed by atoms with van der Waals surface area (Å²) in [5, 5.41) is 0. The van der Waals surface area contributed by atoms with Crippen LogP contribution in [0.25, 0.3) is 0 Å². The minimum absolute atomic E-state index is 0.242. The van der Waals surface area contributed by atoms with Crippen molar-refractivity contribution < 1.29 is 55.6 Å². The van der Waals surface area contributed by atoms with Gasteiger partial charge in [0.1, 0.15) is 0 Å². The van der Waals surface area contributed by atoms with Crippen LogP contribution in [0.1, 0.15) is 79.1 Å². The summed E-state index contributed by atoms with van der Waals surface area (Å²) in [5.74, 6) is 0. The Morgan fingerprint density at radius 1 is 0.244 bits per heavy atom. The molecule has 0 aromatic carbocycles. The summed E-state index contributed by atoms with van der Waals surface area (Å²) in [6, 6.07) is 0. The summed E-state index contributed by atoms with van der Waals surface area (Å²) >= 11 is 0. The lowest BCUT2D eigenvalue weighted by Gasteiger charge is -2.28. The molecule has 12 nitrogen and oxygen atoms in total. The van der Waals surface area contributed by atoms with Crippen LogP contribution in [0.3, 0.4) is 0 Å². The first-order valence-electron chi connectivity index (χ1n) is 17.4. The van der Waals surface area contributed by atoms with E-state index >= 15 is 0 Å². The van der Waals surface area contributed by atoms with E-state index < -0.39 is 9.05 Å². The number of ether oxygens (including phenoxy) is 8. The van der Waals surface area contributed by atoms with Gasteiger partial charge < -0.3 is 55.6 Å². The molecule has 0 saturated carbocycles. The van der Waals surface area contributed by atoms with Gasteiger partial charge in [-0.1, -0.05) is 53.4 Å². The zero-order chi connectivity index (χ0) is 32.8. The highest BCUT2D eigenvalue weighted by Crippen LogP contribution is 2.13. The van der Waals surface area contributed by atoms with Gasteiger partial charge in [0.15, 0.2) is 0 Å². The second-order valence-electron chi connectivity index (χ2n) is 10.2. The van der Waals surface area contributed by atoms with Crippen LogP contribution in [0.5, 0.6) is 0 Å². The highest BCUT2D eigenvalue weighted by molar-refractivity contribution is 6.53. The molecule has 45 heavy (non-hydrogen) atoms. The monoisotopic (exact) mass is 672 g/mol. The lowest BCUT2D eigenvalue weighted by atomic mass is 10.4. The molecule has 0 fully saturated rings. The fraction of sp³-hybridized carbons (Fsp3) is 1.00. The van der Waals surface area contributed by atoms with Gasteiger partial charge in [-0.15, -0.1) is 0 Å². The predicted molar refractivity (Wildman–Crippen MR) is 176 cm³/mol. The maximum Gasteiger partial charge on any atom is 0.680 e. The van der Waals surface area contributed by atoms with Crippen LogP contribution in [0, 0.1) is 0 Å². The first-order valence-corrected chi connectivity index (χ1v) is 19.1. The van der Waals surface area contributed by atoms with Gasteiger partial charge in [-0.05, 0) is 25.7 Å². The summed E-state index contributed by atoms with van der Waals surface area (Å²) in [5.41, 5.74) is 0. The Hall–Kier alpha value is -0.263. The van der Waals surface area contributed by atoms with Crippen molar-refractivity contribution in [3.8, 4) is 0 Å². The molecular formula is C32H68O12Si. The van der Waals surface area contributed by atoms with Crippen molar-refractivity contribution in [2.45, 2.75) is 79.1 Å². The molecule has 0 bridgehead atoms. The fourth-order valence-electron chi connectivity index (χ4n) is 3.43. The van der Waals surface area contributed by atoms with E-state index in [1.807, 2.05) is 0 Å². The third kappa shape index (κ3) is 33.4. The van der Waals surface area contributed by atoms with Crippen molar-refractivity contribution in [1.29, 1.82) is 0 Å². The molecule has 0 rings (SSSR count). The van der Waals surface area contributed by atoms with Gasteiger partial charge >= 0.3 is 9.05 Å². The molecule has 13 heteroatoms. The van der Waals surface area contributed by atoms with Gasteiger partial charge in [0.25, 0.3) is 0 Å². The number of hydrogen-bond donors (Lipinski definition) is 0. The van der Waals surface area contributed by atoms with Crippen LogP contribution in [-0.4, -0.2) is 141 Å². The minimum Gasteiger partial charge on any atom is -0.379 e. The summed E-state index contributed by atoms with van der Waals surface area (Å²) in [7, 11) is -3.58. The Kier molecular flexibility index (Phi) is 38.0. The molecule has 0 aromatic heterocycles. The minimum atomic E-state index is -3.58. The molecule has 0 atom stereocenters. The van der Waals surface area contributed by atoms with Crippen molar-refractivity contribution in [3.63, 3.8) is 0 Å². The van der Waals surface area contributed by atoms with E-state index in [-0.39, 0.29) is 26.4 Å². The highest BCUT2D eigenvalue weighted by atomic mass is 28.4. The van der Waals surface area contributed by atoms with E-state index in [0.717, 1.165) is 77.8 Å². The Morgan fingerprint density at radius 2 is 0.422 bits per heavy atom. The second kappa shape index (κ2) is 38.2. The molecule has 0 N–H and O–H groups in total. The first kappa shape index (κ1) is 44.7. The maximum atomic E-state index is 6.16. The molecule has 0 aromatic rings. The zero-order valence-corrected chi connectivity index (χ0v) is 30.2. The Bertz CT molecular complexity index is 457. The van der Waals surface area contributed by atoms with Gasteiger partial charge in [0.2, 0.25) is 0 Å². The van der Waals surface area contributed by atoms with Crippen LogP contribution < -0.4 is 0 Å². The summed E-state index contributed by atoms with van der Waals surface area (Å²) in [6.45, 7) is 18.0. The number of rotatable bonds is 40. The van der Waals surface area contributed by atoms with E-state index in [4.69, 9.17) is 55.6 Å². The smallest absolute Gasteiger partial charge is 0.379 e. The average Bonchev–Trinajstić information content (AvgIpc) is 3.05. The Balaban J connectivity index is 4.84. The first-order chi connectivity index (χ1) is 22.2. The molecule has 0 aliphatic carbocycles. The normalized spacial score (nSPS) is 12.0. The Labute approximate surface area is 275 Å². The van der Waals surface area contributed by atoms with Gasteiger partial charge in [-0.2, -0.15) is 0 Å². The van der Waals surface area contributed by atoms with Crippen molar-refractivity contribution in [1.82, 2.24) is 0 Å². The second-order valence-corrected chi connectivity index (χ2v) is 12.4. The average molecular weight is 673 g/mol. The molecule has 0 spiro atoms. The Morgan fingerprint density at radius 3 is 0.622 bits per heavy atom. The standard InChI is InChI=1S/C32H68O12Si/c1-5-9-13-33-17-21-37-25-29-41-45(42-30-26-38-22-18-34-14-10-6-2,43-31-27-39-23-19-35-15-11-7-3)44-32-28-40-24-20-36-16-12-8-4/h5-32H2,1-4H3. The number of hydrogen-bond acceptors (Lipinski definition) is 12. The lowest BCUT2D eigenvalue weighted by molar-refractivity contribution is -0.0742. The molecular weight excluding hydrogens is 604 g/mol. The van der Waals surface area contributed by atoms with E-state index in [2.05, 4.69) is 27.7 Å².